The van der Waals surface area contributed by atoms with E-state index < -0.39 is 6.29 Å². The number of aliphatic hydroxyl groups excluding tert-OH is 1. The summed E-state index contributed by atoms with van der Waals surface area (Å²) in [6.07, 6.45) is 19.7. The van der Waals surface area contributed by atoms with Crippen LogP contribution in [0.1, 0.15) is 97.3 Å². The highest BCUT2D eigenvalue weighted by molar-refractivity contribution is 5.94. The number of carbonyl (C=O) groups is 1. The van der Waals surface area contributed by atoms with Crippen molar-refractivity contribution in [1.82, 2.24) is 5.32 Å². The van der Waals surface area contributed by atoms with Gasteiger partial charge in [-0.05, 0) is 25.3 Å². The van der Waals surface area contributed by atoms with Crippen molar-refractivity contribution in [3.63, 3.8) is 0 Å². The summed E-state index contributed by atoms with van der Waals surface area (Å²) in [6.45, 7) is 5.43. The summed E-state index contributed by atoms with van der Waals surface area (Å²) in [7, 11) is 0. The Balaban J connectivity index is 1.57. The van der Waals surface area contributed by atoms with E-state index in [2.05, 4.69) is 12.2 Å². The van der Waals surface area contributed by atoms with Gasteiger partial charge in [0.25, 0.3) is 5.91 Å². The Hall–Kier alpha value is -1.33. The molecule has 0 aromatic heterocycles. The highest BCUT2D eigenvalue weighted by atomic mass is 16.7. The molecule has 1 aliphatic carbocycles. The molecule has 31 heavy (non-hydrogen) atoms. The van der Waals surface area contributed by atoms with Crippen LogP contribution < -0.4 is 5.32 Å². The summed E-state index contributed by atoms with van der Waals surface area (Å²) in [6, 6.07) is 0. The second-order valence-corrected chi connectivity index (χ2v) is 8.98. The van der Waals surface area contributed by atoms with Crippen LogP contribution in [0.25, 0.3) is 0 Å². The van der Waals surface area contributed by atoms with Crippen molar-refractivity contribution in [2.75, 3.05) is 19.8 Å². The maximum Gasteiger partial charge on any atom is 0.250 e. The minimum absolute atomic E-state index is 0.0120. The first-order valence-electron chi connectivity index (χ1n) is 12.8. The minimum Gasteiger partial charge on any atom is -0.471 e. The SMILES string of the molecule is CCCCCCCCCCCCCCNC(=O)C1=COC(OCC)[C@@H]2C(CO)=CC[C@H]12. The topological polar surface area (TPSA) is 67.8 Å². The molecule has 0 spiro atoms. The average molecular weight is 436 g/mol. The van der Waals surface area contributed by atoms with Gasteiger partial charge in [0.15, 0.2) is 0 Å². The number of allylic oxidation sites excluding steroid dienone is 1. The van der Waals surface area contributed by atoms with Gasteiger partial charge >= 0.3 is 0 Å². The first-order chi connectivity index (χ1) is 15.2. The van der Waals surface area contributed by atoms with Crippen molar-refractivity contribution in [3.05, 3.63) is 23.5 Å². The van der Waals surface area contributed by atoms with Gasteiger partial charge in [-0.15, -0.1) is 0 Å². The molecule has 178 valence electrons. The van der Waals surface area contributed by atoms with Crippen LogP contribution in [-0.2, 0) is 14.3 Å². The van der Waals surface area contributed by atoms with Crippen molar-refractivity contribution in [2.24, 2.45) is 11.8 Å². The maximum atomic E-state index is 12.7. The molecule has 1 amide bonds. The lowest BCUT2D eigenvalue weighted by Gasteiger charge is -2.34. The number of nitrogens with one attached hydrogen (secondary N) is 1. The summed E-state index contributed by atoms with van der Waals surface area (Å²) in [4.78, 5) is 12.7. The van der Waals surface area contributed by atoms with Gasteiger partial charge < -0.3 is 19.9 Å². The number of hydrogen-bond acceptors (Lipinski definition) is 4. The molecule has 0 aromatic rings. The molecule has 2 rings (SSSR count). The Kier molecular flexibility index (Phi) is 12.9. The van der Waals surface area contributed by atoms with E-state index in [1.54, 1.807) is 6.26 Å². The van der Waals surface area contributed by atoms with E-state index in [9.17, 15) is 9.90 Å². The zero-order chi connectivity index (χ0) is 22.3. The van der Waals surface area contributed by atoms with Crippen LogP contribution in [0.15, 0.2) is 23.5 Å². The van der Waals surface area contributed by atoms with E-state index >= 15 is 0 Å². The van der Waals surface area contributed by atoms with E-state index in [-0.39, 0.29) is 24.3 Å². The Morgan fingerprint density at radius 2 is 1.65 bits per heavy atom. The molecule has 1 heterocycles. The predicted octanol–water partition coefficient (Wildman–Crippen LogP) is 5.64. The lowest BCUT2D eigenvalue weighted by atomic mass is 9.83. The molecule has 0 radical (unpaired) electrons. The van der Waals surface area contributed by atoms with Gasteiger partial charge in [-0.1, -0.05) is 83.6 Å². The summed E-state index contributed by atoms with van der Waals surface area (Å²) in [5.41, 5.74) is 1.60. The molecule has 5 heteroatoms. The highest BCUT2D eigenvalue weighted by Crippen LogP contribution is 2.43. The third-order valence-electron chi connectivity index (χ3n) is 6.61. The summed E-state index contributed by atoms with van der Waals surface area (Å²) >= 11 is 0. The Bertz CT molecular complexity index is 572. The van der Waals surface area contributed by atoms with Gasteiger partial charge in [-0.2, -0.15) is 0 Å². The molecule has 5 nitrogen and oxygen atoms in total. The number of fused-ring (bicyclic) bond motifs is 1. The van der Waals surface area contributed by atoms with Gasteiger partial charge in [0.05, 0.1) is 24.4 Å². The minimum atomic E-state index is -0.413. The van der Waals surface area contributed by atoms with Crippen molar-refractivity contribution in [3.8, 4) is 0 Å². The molecule has 0 saturated carbocycles. The molecule has 3 atom stereocenters. The van der Waals surface area contributed by atoms with Crippen LogP contribution in [-0.4, -0.2) is 37.1 Å². The van der Waals surface area contributed by atoms with E-state index in [0.717, 1.165) is 18.4 Å². The Morgan fingerprint density at radius 1 is 1.03 bits per heavy atom. The third kappa shape index (κ3) is 8.61. The molecule has 0 bridgehead atoms. The number of unbranched alkanes of at least 4 members (excludes halogenated alkanes) is 11. The fraction of sp³-hybridized carbons (Fsp3) is 0.808. The Morgan fingerprint density at radius 3 is 2.23 bits per heavy atom. The van der Waals surface area contributed by atoms with Gasteiger partial charge in [0, 0.05) is 19.1 Å². The van der Waals surface area contributed by atoms with Gasteiger partial charge in [0.1, 0.15) is 0 Å². The van der Waals surface area contributed by atoms with Crippen LogP contribution in [0.3, 0.4) is 0 Å². The second kappa shape index (κ2) is 15.5. The van der Waals surface area contributed by atoms with Gasteiger partial charge in [-0.25, -0.2) is 0 Å². The monoisotopic (exact) mass is 435 g/mol. The molecular formula is C26H45NO4. The van der Waals surface area contributed by atoms with Crippen LogP contribution in [0.5, 0.6) is 0 Å². The van der Waals surface area contributed by atoms with E-state index in [1.807, 2.05) is 13.0 Å². The average Bonchev–Trinajstić information content (AvgIpc) is 3.22. The summed E-state index contributed by atoms with van der Waals surface area (Å²) in [5, 5.41) is 12.7. The first kappa shape index (κ1) is 25.9. The number of hydrogen-bond donors (Lipinski definition) is 2. The fourth-order valence-corrected chi connectivity index (χ4v) is 4.79. The smallest absolute Gasteiger partial charge is 0.250 e. The van der Waals surface area contributed by atoms with Crippen LogP contribution in [0.2, 0.25) is 0 Å². The first-order valence-corrected chi connectivity index (χ1v) is 12.8. The molecular weight excluding hydrogens is 390 g/mol. The molecule has 2 N–H and O–H groups in total. The number of ether oxygens (including phenoxy) is 2. The van der Waals surface area contributed by atoms with Crippen molar-refractivity contribution >= 4 is 5.91 Å². The van der Waals surface area contributed by atoms with Crippen LogP contribution >= 0.6 is 0 Å². The molecule has 0 aromatic carbocycles. The number of rotatable bonds is 17. The Labute approximate surface area is 189 Å². The standard InChI is InChI=1S/C26H45NO4/c1-3-5-6-7-8-9-10-11-12-13-14-15-18-27-25(29)23-20-31-26(30-4-2)24-21(19-28)16-17-22(23)24/h16,20,22,24,26,28H,3-15,17-19H2,1-2H3,(H,27,29)/t22-,24-,26?/m1/s1. The van der Waals surface area contributed by atoms with E-state index in [1.165, 1.54) is 70.6 Å². The maximum absolute atomic E-state index is 12.7. The van der Waals surface area contributed by atoms with Crippen molar-refractivity contribution in [1.29, 1.82) is 0 Å². The number of amides is 1. The quantitative estimate of drug-likeness (QED) is 0.229. The molecule has 1 unspecified atom stereocenters. The fourth-order valence-electron chi connectivity index (χ4n) is 4.79. The van der Waals surface area contributed by atoms with Gasteiger partial charge in [-0.3, -0.25) is 4.79 Å². The molecule has 0 saturated heterocycles. The van der Waals surface area contributed by atoms with Crippen molar-refractivity contribution in [2.45, 2.75) is 104 Å². The molecule has 1 aliphatic heterocycles. The number of carbonyl (C=O) groups excluding carboxylic acids is 1. The predicted molar refractivity (Wildman–Crippen MR) is 125 cm³/mol. The molecule has 0 fully saturated rings. The van der Waals surface area contributed by atoms with E-state index in [4.69, 9.17) is 9.47 Å². The normalized spacial score (nSPS) is 22.5. The van der Waals surface area contributed by atoms with Crippen LogP contribution in [0, 0.1) is 11.8 Å². The summed E-state index contributed by atoms with van der Waals surface area (Å²) < 4.78 is 11.4. The second-order valence-electron chi connectivity index (χ2n) is 8.98. The lowest BCUT2D eigenvalue weighted by Crippen LogP contribution is -2.40. The lowest BCUT2D eigenvalue weighted by molar-refractivity contribution is -0.148. The highest BCUT2D eigenvalue weighted by Gasteiger charge is 2.43. The largest absolute Gasteiger partial charge is 0.471 e. The van der Waals surface area contributed by atoms with Crippen molar-refractivity contribution < 1.29 is 19.4 Å². The number of aliphatic hydroxyl groups is 1. The zero-order valence-electron chi connectivity index (χ0n) is 19.9. The third-order valence-corrected chi connectivity index (χ3v) is 6.61. The zero-order valence-corrected chi connectivity index (χ0v) is 19.9. The van der Waals surface area contributed by atoms with Crippen LogP contribution in [0.4, 0.5) is 0 Å². The van der Waals surface area contributed by atoms with E-state index in [0.29, 0.717) is 18.7 Å². The molecule has 2 aliphatic rings. The van der Waals surface area contributed by atoms with Gasteiger partial charge in [0.2, 0.25) is 6.29 Å². The summed E-state index contributed by atoms with van der Waals surface area (Å²) in [5.74, 6) is -0.0719.